The topological polar surface area (TPSA) is 34.5 Å². The molecular formula is C30H42N2O2. The lowest BCUT2D eigenvalue weighted by Gasteiger charge is -2.57. The Kier molecular flexibility index (Phi) is 6.00. The number of hydrogen-bond donors (Lipinski definition) is 0. The summed E-state index contributed by atoms with van der Waals surface area (Å²) in [5.41, 5.74) is 2.39. The molecule has 8 atom stereocenters. The maximum Gasteiger partial charge on any atom is 0.310 e. The summed E-state index contributed by atoms with van der Waals surface area (Å²) in [6, 6.07) is 11.4. The Balaban J connectivity index is 1.29. The Morgan fingerprint density at radius 1 is 0.912 bits per heavy atom. The smallest absolute Gasteiger partial charge is 0.310 e. The minimum atomic E-state index is -0.153. The molecule has 2 aliphatic carbocycles. The number of rotatable bonds is 4. The van der Waals surface area contributed by atoms with Crippen molar-refractivity contribution in [2.24, 2.45) is 23.7 Å². The first-order valence-corrected chi connectivity index (χ1v) is 13.9. The normalized spacial score (nSPS) is 38.1. The van der Waals surface area contributed by atoms with Gasteiger partial charge in [-0.1, -0.05) is 44.9 Å². The lowest BCUT2D eigenvalue weighted by molar-refractivity contribution is -0.139. The zero-order chi connectivity index (χ0) is 23.4. The van der Waals surface area contributed by atoms with Crippen LogP contribution >= 0.6 is 0 Å². The summed E-state index contributed by atoms with van der Waals surface area (Å²) in [5.74, 6) is 3.48. The minimum absolute atomic E-state index is 0.153. The van der Waals surface area contributed by atoms with Crippen LogP contribution in [0.2, 0.25) is 0 Å². The molecule has 4 nitrogen and oxygen atoms in total. The predicted octanol–water partition coefficient (Wildman–Crippen LogP) is 6.38. The van der Waals surface area contributed by atoms with Crippen LogP contribution in [-0.4, -0.2) is 40.7 Å². The number of aromatic nitrogens is 1. The van der Waals surface area contributed by atoms with Crippen LogP contribution in [0.25, 0.3) is 10.9 Å². The van der Waals surface area contributed by atoms with Gasteiger partial charge in [0.15, 0.2) is 0 Å². The lowest BCUT2D eigenvalue weighted by atomic mass is 9.64. The Bertz CT molecular complexity index is 1040. The van der Waals surface area contributed by atoms with Crippen molar-refractivity contribution in [1.82, 2.24) is 9.47 Å². The summed E-state index contributed by atoms with van der Waals surface area (Å²) in [6.07, 6.45) is 15.2. The molecule has 34 heavy (non-hydrogen) atoms. The molecular weight excluding hydrogens is 420 g/mol. The second-order valence-electron chi connectivity index (χ2n) is 12.2. The van der Waals surface area contributed by atoms with E-state index in [1.807, 2.05) is 0 Å². The van der Waals surface area contributed by atoms with Crippen LogP contribution in [0.3, 0.4) is 0 Å². The average molecular weight is 463 g/mol. The number of carbonyl (C=O) groups excluding carboxylic acids is 1. The van der Waals surface area contributed by atoms with Crippen molar-refractivity contribution in [1.29, 1.82) is 0 Å². The molecule has 2 saturated carbocycles. The van der Waals surface area contributed by atoms with Gasteiger partial charge in [0.2, 0.25) is 0 Å². The number of para-hydroxylation sites is 1. The number of carbonyl (C=O) groups is 1. The molecule has 4 bridgehead atoms. The van der Waals surface area contributed by atoms with E-state index in [0.717, 1.165) is 35.3 Å². The van der Waals surface area contributed by atoms with E-state index < -0.39 is 0 Å². The summed E-state index contributed by atoms with van der Waals surface area (Å²) in [4.78, 5) is 15.2. The standard InChI is InChI=1S/C30H42N2O2/c1-19-8-10-21-12-22(19)14-26(13-21)32-24-11-9-20(2)29(32)17-25(16-24)31-18-23(15-30(33)34-3)27-6-4-5-7-28(27)31/h4-7,18-22,24-26,29H,8-17H2,1-3H3/t19-,20-,21-,22+,24+,25-,26+,29+/m1/s1. The van der Waals surface area contributed by atoms with Gasteiger partial charge in [0, 0.05) is 41.3 Å². The molecule has 4 fully saturated rings. The largest absolute Gasteiger partial charge is 0.469 e. The van der Waals surface area contributed by atoms with Crippen LogP contribution in [0.5, 0.6) is 0 Å². The number of piperidine rings is 2. The minimum Gasteiger partial charge on any atom is -0.469 e. The summed E-state index contributed by atoms with van der Waals surface area (Å²) in [7, 11) is 1.49. The molecule has 4 aliphatic rings. The fourth-order valence-electron chi connectivity index (χ4n) is 8.52. The van der Waals surface area contributed by atoms with E-state index in [1.165, 1.54) is 75.8 Å². The van der Waals surface area contributed by atoms with Crippen LogP contribution in [0, 0.1) is 23.7 Å². The van der Waals surface area contributed by atoms with Crippen molar-refractivity contribution in [2.45, 2.75) is 102 Å². The number of esters is 1. The Labute approximate surface area is 205 Å². The molecule has 6 rings (SSSR count). The molecule has 4 heteroatoms. The lowest BCUT2D eigenvalue weighted by Crippen LogP contribution is -2.60. The summed E-state index contributed by atoms with van der Waals surface area (Å²) in [6.45, 7) is 5.03. The molecule has 1 aromatic heterocycles. The van der Waals surface area contributed by atoms with E-state index in [9.17, 15) is 4.79 Å². The SMILES string of the molecule is COC(=O)Cc1cn([C@@H]2C[C@@H]3CC[C@@H](C)[C@H](C2)N3[C@H]2C[C@@H]3CC[C@@H](C)[C@@H](C3)C2)c2ccccc12. The second kappa shape index (κ2) is 9.00. The van der Waals surface area contributed by atoms with Crippen LogP contribution in [0.15, 0.2) is 30.5 Å². The molecule has 1 aromatic carbocycles. The van der Waals surface area contributed by atoms with E-state index in [2.05, 4.69) is 53.8 Å². The third-order valence-corrected chi connectivity index (χ3v) is 10.3. The molecule has 2 aromatic rings. The van der Waals surface area contributed by atoms with Crippen LogP contribution in [-0.2, 0) is 16.0 Å². The highest BCUT2D eigenvalue weighted by Gasteiger charge is 2.48. The fraction of sp³-hybridized carbons (Fsp3) is 0.700. The van der Waals surface area contributed by atoms with Crippen molar-refractivity contribution >= 4 is 16.9 Å². The van der Waals surface area contributed by atoms with Crippen molar-refractivity contribution in [3.63, 3.8) is 0 Å². The maximum atomic E-state index is 12.1. The monoisotopic (exact) mass is 462 g/mol. The highest BCUT2D eigenvalue weighted by Crippen LogP contribution is 2.50. The van der Waals surface area contributed by atoms with Gasteiger partial charge < -0.3 is 9.30 Å². The Hall–Kier alpha value is -1.81. The highest BCUT2D eigenvalue weighted by atomic mass is 16.5. The van der Waals surface area contributed by atoms with Crippen LogP contribution in [0.1, 0.15) is 83.2 Å². The van der Waals surface area contributed by atoms with Crippen molar-refractivity contribution in [3.05, 3.63) is 36.0 Å². The molecule has 2 saturated heterocycles. The zero-order valence-electron chi connectivity index (χ0n) is 21.3. The van der Waals surface area contributed by atoms with Gasteiger partial charge in [0.1, 0.15) is 0 Å². The van der Waals surface area contributed by atoms with Gasteiger partial charge in [-0.3, -0.25) is 9.69 Å². The van der Waals surface area contributed by atoms with E-state index in [0.29, 0.717) is 24.5 Å². The molecule has 0 amide bonds. The van der Waals surface area contributed by atoms with E-state index >= 15 is 0 Å². The molecule has 0 radical (unpaired) electrons. The van der Waals surface area contributed by atoms with E-state index in [1.54, 1.807) is 0 Å². The summed E-state index contributed by atoms with van der Waals surface area (Å²) < 4.78 is 7.53. The third kappa shape index (κ3) is 3.90. The Morgan fingerprint density at radius 3 is 2.59 bits per heavy atom. The van der Waals surface area contributed by atoms with Gasteiger partial charge >= 0.3 is 5.97 Å². The van der Waals surface area contributed by atoms with Gasteiger partial charge in [-0.25, -0.2) is 0 Å². The molecule has 3 heterocycles. The van der Waals surface area contributed by atoms with Crippen LogP contribution < -0.4 is 0 Å². The highest BCUT2D eigenvalue weighted by molar-refractivity contribution is 5.88. The van der Waals surface area contributed by atoms with Gasteiger partial charge in [0.25, 0.3) is 0 Å². The number of nitrogens with zero attached hydrogens (tertiary/aromatic N) is 2. The van der Waals surface area contributed by atoms with Crippen LogP contribution in [0.4, 0.5) is 0 Å². The van der Waals surface area contributed by atoms with Gasteiger partial charge in [-0.15, -0.1) is 0 Å². The van der Waals surface area contributed by atoms with Crippen molar-refractivity contribution in [2.75, 3.05) is 7.11 Å². The average Bonchev–Trinajstić information content (AvgIpc) is 3.21. The van der Waals surface area contributed by atoms with E-state index in [4.69, 9.17) is 4.74 Å². The molecule has 184 valence electrons. The fourth-order valence-corrected chi connectivity index (χ4v) is 8.52. The number of hydrogen-bond acceptors (Lipinski definition) is 3. The first-order valence-electron chi connectivity index (χ1n) is 13.9. The van der Waals surface area contributed by atoms with Gasteiger partial charge in [-0.2, -0.15) is 0 Å². The first-order chi connectivity index (χ1) is 16.5. The van der Waals surface area contributed by atoms with Gasteiger partial charge in [0.05, 0.1) is 13.5 Å². The van der Waals surface area contributed by atoms with E-state index in [-0.39, 0.29) is 5.97 Å². The van der Waals surface area contributed by atoms with Crippen molar-refractivity contribution in [3.8, 4) is 0 Å². The number of fused-ring (bicyclic) bond motifs is 5. The quantitative estimate of drug-likeness (QED) is 0.495. The predicted molar refractivity (Wildman–Crippen MR) is 137 cm³/mol. The van der Waals surface area contributed by atoms with Gasteiger partial charge in [-0.05, 0) is 80.2 Å². The summed E-state index contributed by atoms with van der Waals surface area (Å²) in [5, 5.41) is 1.21. The number of ether oxygens (including phenoxy) is 1. The Morgan fingerprint density at radius 2 is 1.74 bits per heavy atom. The maximum absolute atomic E-state index is 12.1. The summed E-state index contributed by atoms with van der Waals surface area (Å²) >= 11 is 0. The number of methoxy groups -OCH3 is 1. The number of benzene rings is 1. The molecule has 0 unspecified atom stereocenters. The first kappa shape index (κ1) is 22.6. The third-order valence-electron chi connectivity index (χ3n) is 10.3. The molecule has 0 N–H and O–H groups in total. The second-order valence-corrected chi connectivity index (χ2v) is 12.2. The zero-order valence-corrected chi connectivity index (χ0v) is 21.3. The van der Waals surface area contributed by atoms with Crippen molar-refractivity contribution < 1.29 is 9.53 Å². The molecule has 2 aliphatic heterocycles. The molecule has 0 spiro atoms.